The van der Waals surface area contributed by atoms with Gasteiger partial charge in [-0.2, -0.15) is 0 Å². The van der Waals surface area contributed by atoms with Crippen LogP contribution in [0.15, 0.2) is 65.1 Å². The molecule has 7 nitrogen and oxygen atoms in total. The Labute approximate surface area is 196 Å². The molecule has 5 aromatic rings. The number of nitrogens with two attached hydrogens (primary N) is 1. The molecular weight excluding hydrogens is 460 g/mol. The van der Waals surface area contributed by atoms with Gasteiger partial charge in [0.25, 0.3) is 0 Å². The number of thiophene rings is 1. The van der Waals surface area contributed by atoms with Crippen molar-refractivity contribution in [1.29, 1.82) is 0 Å². The zero-order valence-corrected chi connectivity index (χ0v) is 19.4. The van der Waals surface area contributed by atoms with Crippen molar-refractivity contribution in [2.24, 2.45) is 0 Å². The number of thiazole rings is 1. The minimum absolute atomic E-state index is 0.140. The SMILES string of the molecule is Cc1ccc2nc(-c3ccc(NC(=O)CSc4nnc(-c5cccs5)n4N)cc3)sc2c1. The second-order valence-electron chi connectivity index (χ2n) is 7.06. The van der Waals surface area contributed by atoms with Gasteiger partial charge in [-0.05, 0) is 60.3 Å². The maximum atomic E-state index is 12.4. The van der Waals surface area contributed by atoms with Gasteiger partial charge >= 0.3 is 0 Å². The highest BCUT2D eigenvalue weighted by Crippen LogP contribution is 2.31. The Balaban J connectivity index is 1.21. The number of aromatic nitrogens is 4. The molecule has 0 atom stereocenters. The monoisotopic (exact) mass is 478 g/mol. The van der Waals surface area contributed by atoms with Gasteiger partial charge in [0.15, 0.2) is 5.82 Å². The first-order valence-corrected chi connectivity index (χ1v) is 12.4. The van der Waals surface area contributed by atoms with Crippen molar-refractivity contribution in [2.75, 3.05) is 16.9 Å². The van der Waals surface area contributed by atoms with Crippen LogP contribution >= 0.6 is 34.4 Å². The summed E-state index contributed by atoms with van der Waals surface area (Å²) in [6.45, 7) is 2.08. The summed E-state index contributed by atoms with van der Waals surface area (Å²) in [4.78, 5) is 18.0. The summed E-state index contributed by atoms with van der Waals surface area (Å²) >= 11 is 4.44. The molecule has 32 heavy (non-hydrogen) atoms. The van der Waals surface area contributed by atoms with Crippen molar-refractivity contribution in [3.63, 3.8) is 0 Å². The van der Waals surface area contributed by atoms with Gasteiger partial charge in [-0.25, -0.2) is 9.66 Å². The number of carbonyl (C=O) groups excluding carboxylic acids is 1. The Bertz CT molecular complexity index is 1390. The molecule has 0 bridgehead atoms. The summed E-state index contributed by atoms with van der Waals surface area (Å²) in [6.07, 6.45) is 0. The van der Waals surface area contributed by atoms with E-state index in [0.717, 1.165) is 26.7 Å². The number of thioether (sulfide) groups is 1. The summed E-state index contributed by atoms with van der Waals surface area (Å²) < 4.78 is 2.59. The Morgan fingerprint density at radius 2 is 2.00 bits per heavy atom. The van der Waals surface area contributed by atoms with Gasteiger partial charge in [-0.3, -0.25) is 4.79 Å². The van der Waals surface area contributed by atoms with Crippen molar-refractivity contribution < 1.29 is 4.79 Å². The Morgan fingerprint density at radius 1 is 1.16 bits per heavy atom. The molecule has 0 aliphatic rings. The predicted octanol–water partition coefficient (Wildman–Crippen LogP) is 5.04. The van der Waals surface area contributed by atoms with E-state index >= 15 is 0 Å². The van der Waals surface area contributed by atoms with Crippen LogP contribution in [0.2, 0.25) is 0 Å². The van der Waals surface area contributed by atoms with Gasteiger partial charge in [0.2, 0.25) is 11.1 Å². The van der Waals surface area contributed by atoms with E-state index in [2.05, 4.69) is 34.6 Å². The van der Waals surface area contributed by atoms with Crippen LogP contribution in [0.5, 0.6) is 0 Å². The van der Waals surface area contributed by atoms with Crippen LogP contribution in [-0.4, -0.2) is 31.5 Å². The standard InChI is InChI=1S/C22H18N6OS3/c1-13-4-9-16-18(11-13)32-21(25-16)14-5-7-15(8-6-14)24-19(29)12-31-22-27-26-20(28(22)23)17-3-2-10-30-17/h2-11H,12,23H2,1H3,(H,24,29). The maximum Gasteiger partial charge on any atom is 0.234 e. The first kappa shape index (κ1) is 20.7. The number of aryl methyl sites for hydroxylation is 1. The van der Waals surface area contributed by atoms with Crippen LogP contribution in [0.4, 0.5) is 5.69 Å². The van der Waals surface area contributed by atoms with E-state index in [4.69, 9.17) is 10.8 Å². The van der Waals surface area contributed by atoms with Crippen LogP contribution in [0.3, 0.4) is 0 Å². The van der Waals surface area contributed by atoms with E-state index in [1.165, 1.54) is 38.0 Å². The third-order valence-corrected chi connectivity index (χ3v) is 7.57. The number of amides is 1. The summed E-state index contributed by atoms with van der Waals surface area (Å²) in [7, 11) is 0. The summed E-state index contributed by atoms with van der Waals surface area (Å²) in [5.41, 5.74) is 3.97. The fraction of sp³-hybridized carbons (Fsp3) is 0.0909. The minimum atomic E-state index is -0.140. The first-order chi connectivity index (χ1) is 15.6. The molecule has 0 fully saturated rings. The van der Waals surface area contributed by atoms with Gasteiger partial charge in [0.05, 0.1) is 20.8 Å². The topological polar surface area (TPSA) is 98.7 Å². The molecule has 10 heteroatoms. The number of hydrogen-bond donors (Lipinski definition) is 2. The van der Waals surface area contributed by atoms with E-state index < -0.39 is 0 Å². The zero-order chi connectivity index (χ0) is 22.1. The largest absolute Gasteiger partial charge is 0.335 e. The number of nitrogens with zero attached hydrogens (tertiary/aromatic N) is 4. The number of fused-ring (bicyclic) bond motifs is 1. The molecule has 0 aliphatic carbocycles. The third kappa shape index (κ3) is 4.24. The Morgan fingerprint density at radius 3 is 2.78 bits per heavy atom. The number of benzene rings is 2. The quantitative estimate of drug-likeness (QED) is 0.262. The van der Waals surface area contributed by atoms with Crippen LogP contribution in [0, 0.1) is 6.92 Å². The average Bonchev–Trinajstić information content (AvgIpc) is 3.52. The normalized spacial score (nSPS) is 11.2. The molecule has 3 heterocycles. The molecule has 1 amide bonds. The van der Waals surface area contributed by atoms with Crippen LogP contribution in [0.1, 0.15) is 5.56 Å². The highest BCUT2D eigenvalue weighted by molar-refractivity contribution is 7.99. The van der Waals surface area contributed by atoms with E-state index in [0.29, 0.717) is 11.0 Å². The van der Waals surface area contributed by atoms with Crippen molar-refractivity contribution in [2.45, 2.75) is 12.1 Å². The molecule has 160 valence electrons. The molecule has 0 spiro atoms. The highest BCUT2D eigenvalue weighted by Gasteiger charge is 2.14. The lowest BCUT2D eigenvalue weighted by atomic mass is 10.2. The van der Waals surface area contributed by atoms with Crippen LogP contribution in [-0.2, 0) is 4.79 Å². The number of nitrogens with one attached hydrogen (secondary N) is 1. The lowest BCUT2D eigenvalue weighted by Crippen LogP contribution is -2.16. The number of carbonyl (C=O) groups is 1. The lowest BCUT2D eigenvalue weighted by Gasteiger charge is -2.06. The number of nitrogen functional groups attached to an aromatic ring is 1. The van der Waals surface area contributed by atoms with Crippen molar-refractivity contribution in [3.8, 4) is 21.3 Å². The van der Waals surface area contributed by atoms with Crippen molar-refractivity contribution >= 4 is 56.2 Å². The van der Waals surface area contributed by atoms with Crippen LogP contribution < -0.4 is 11.2 Å². The molecule has 0 aliphatic heterocycles. The zero-order valence-electron chi connectivity index (χ0n) is 17.0. The molecule has 2 aromatic carbocycles. The minimum Gasteiger partial charge on any atom is -0.335 e. The third-order valence-electron chi connectivity index (χ3n) is 4.70. The molecule has 0 unspecified atom stereocenters. The fourth-order valence-electron chi connectivity index (χ4n) is 3.13. The van der Waals surface area contributed by atoms with Crippen LogP contribution in [0.25, 0.3) is 31.5 Å². The van der Waals surface area contributed by atoms with Gasteiger partial charge < -0.3 is 11.2 Å². The second-order valence-corrected chi connectivity index (χ2v) is 9.98. The van der Waals surface area contributed by atoms with Gasteiger partial charge in [0, 0.05) is 11.3 Å². The summed E-state index contributed by atoms with van der Waals surface area (Å²) in [5.74, 6) is 6.71. The Hall–Kier alpha value is -3.21. The summed E-state index contributed by atoms with van der Waals surface area (Å²) in [5, 5.41) is 14.5. The number of hydrogen-bond acceptors (Lipinski definition) is 8. The molecule has 3 N–H and O–H groups in total. The van der Waals surface area contributed by atoms with E-state index in [1.807, 2.05) is 47.8 Å². The molecule has 5 rings (SSSR count). The lowest BCUT2D eigenvalue weighted by molar-refractivity contribution is -0.113. The van der Waals surface area contributed by atoms with E-state index in [9.17, 15) is 4.79 Å². The van der Waals surface area contributed by atoms with E-state index in [1.54, 1.807) is 11.3 Å². The molecule has 0 saturated carbocycles. The van der Waals surface area contributed by atoms with E-state index in [-0.39, 0.29) is 11.7 Å². The maximum absolute atomic E-state index is 12.4. The number of anilines is 1. The molecule has 0 radical (unpaired) electrons. The van der Waals surface area contributed by atoms with Crippen molar-refractivity contribution in [3.05, 3.63) is 65.5 Å². The highest BCUT2D eigenvalue weighted by atomic mass is 32.2. The van der Waals surface area contributed by atoms with Gasteiger partial charge in [-0.15, -0.1) is 32.9 Å². The summed E-state index contributed by atoms with van der Waals surface area (Å²) in [6, 6.07) is 17.8. The smallest absolute Gasteiger partial charge is 0.234 e. The average molecular weight is 479 g/mol. The number of rotatable bonds is 6. The Kier molecular flexibility index (Phi) is 5.64. The molecular formula is C22H18N6OS3. The van der Waals surface area contributed by atoms with Gasteiger partial charge in [-0.1, -0.05) is 23.9 Å². The predicted molar refractivity (Wildman–Crippen MR) is 133 cm³/mol. The molecule has 0 saturated heterocycles. The second kappa shape index (κ2) is 8.73. The van der Waals surface area contributed by atoms with Gasteiger partial charge in [0.1, 0.15) is 5.01 Å². The first-order valence-electron chi connectivity index (χ1n) is 9.71. The van der Waals surface area contributed by atoms with Crippen molar-refractivity contribution in [1.82, 2.24) is 19.9 Å². The fourth-order valence-corrected chi connectivity index (χ4v) is 5.56. The molecule has 3 aromatic heterocycles.